The normalized spacial score (nSPS) is 16.1. The average molecular weight is 537 g/mol. The average Bonchev–Trinajstić information content (AvgIpc) is 3.47. The van der Waals surface area contributed by atoms with Crippen LogP contribution in [0, 0.1) is 0 Å². The Labute approximate surface area is 212 Å². The van der Waals surface area contributed by atoms with Crippen LogP contribution >= 0.6 is 0 Å². The quantitative estimate of drug-likeness (QED) is 0.179. The fourth-order valence-corrected chi connectivity index (χ4v) is 5.26. The van der Waals surface area contributed by atoms with Gasteiger partial charge < -0.3 is 4.98 Å². The van der Waals surface area contributed by atoms with Gasteiger partial charge in [-0.15, -0.1) is 0 Å². The molecule has 0 saturated carbocycles. The maximum Gasteiger partial charge on any atom is 0.511 e. The van der Waals surface area contributed by atoms with Gasteiger partial charge in [-0.05, 0) is 53.7 Å². The highest BCUT2D eigenvalue weighted by atomic mass is 32.2. The number of nitrogens with zero attached hydrogens (tertiary/aromatic N) is 1. The second-order valence-electron chi connectivity index (χ2n) is 8.81. The summed E-state index contributed by atoms with van der Waals surface area (Å²) in [6, 6.07) is 13.4. The molecule has 3 aromatic rings. The number of halogens is 3. The molecule has 0 aliphatic heterocycles. The highest BCUT2D eigenvalue weighted by Gasteiger charge is 2.45. The highest BCUT2D eigenvalue weighted by molar-refractivity contribution is 7.90. The van der Waals surface area contributed by atoms with Gasteiger partial charge in [-0.25, -0.2) is 18.6 Å². The first kappa shape index (κ1) is 26.9. The van der Waals surface area contributed by atoms with E-state index in [2.05, 4.69) is 4.98 Å². The lowest BCUT2D eigenvalue weighted by atomic mass is 10.0. The molecule has 12 heteroatoms. The molecule has 1 heterocycles. The maximum absolute atomic E-state index is 12.8. The van der Waals surface area contributed by atoms with Gasteiger partial charge in [0.1, 0.15) is 0 Å². The molecular weight excluding hydrogens is 509 g/mol. The molecule has 4 rings (SSSR count). The predicted octanol–water partition coefficient (Wildman–Crippen LogP) is 3.66. The molecule has 1 aliphatic rings. The van der Waals surface area contributed by atoms with E-state index in [4.69, 9.17) is 5.21 Å². The zero-order valence-corrected chi connectivity index (χ0v) is 20.6. The molecule has 37 heavy (non-hydrogen) atoms. The Morgan fingerprint density at radius 1 is 1.19 bits per heavy atom. The van der Waals surface area contributed by atoms with Crippen molar-refractivity contribution in [3.8, 4) is 0 Å². The summed E-state index contributed by atoms with van der Waals surface area (Å²) in [5, 5.41) is 9.71. The molecule has 0 saturated heterocycles. The standard InChI is InChI=1S/C25H27F3N4O4S/c26-25(27,28)37(35,36)30-12-14-32(13-11-19-16-29-22-4-2-1-3-20(19)22)23-9-7-18-15-17(5-8-21(18)23)6-10-24(33)31-34/h1-6,8,10,15-16,23,29-30,34H,7,9,11-14H2,(H,31,33)/b10-6+. The topological polar surface area (TPSA) is 115 Å². The molecular formula is C25H27F3N4O4S. The molecule has 1 aromatic heterocycles. The SMILES string of the molecule is O=C(/C=C/c1ccc2c(c1)CCC2N(CCNS(=O)(=O)C(F)(F)F)CCc1c[nH]c2ccccc12)NO. The third kappa shape index (κ3) is 6.21. The number of carbonyl (C=O) groups is 1. The maximum atomic E-state index is 12.8. The number of sulfonamides is 1. The van der Waals surface area contributed by atoms with Crippen LogP contribution in [0.5, 0.6) is 0 Å². The van der Waals surface area contributed by atoms with E-state index in [1.54, 1.807) is 10.8 Å². The van der Waals surface area contributed by atoms with Crippen LogP contribution in [0.15, 0.2) is 54.7 Å². The van der Waals surface area contributed by atoms with Crippen LogP contribution in [0.25, 0.3) is 17.0 Å². The number of benzene rings is 2. The lowest BCUT2D eigenvalue weighted by Crippen LogP contribution is -2.42. The molecule has 198 valence electrons. The molecule has 2 aromatic carbocycles. The number of para-hydroxylation sites is 1. The monoisotopic (exact) mass is 536 g/mol. The molecule has 1 unspecified atom stereocenters. The molecule has 1 atom stereocenters. The van der Waals surface area contributed by atoms with Gasteiger partial charge in [0.2, 0.25) is 0 Å². The van der Waals surface area contributed by atoms with Gasteiger partial charge in [0, 0.05) is 48.9 Å². The van der Waals surface area contributed by atoms with Crippen LogP contribution in [0.1, 0.15) is 34.7 Å². The molecule has 1 amide bonds. The Hall–Kier alpha value is -3.19. The van der Waals surface area contributed by atoms with Crippen LogP contribution in [0.3, 0.4) is 0 Å². The van der Waals surface area contributed by atoms with Crippen LogP contribution in [0.2, 0.25) is 0 Å². The minimum atomic E-state index is -5.43. The number of aromatic amines is 1. The van der Waals surface area contributed by atoms with Gasteiger partial charge >= 0.3 is 15.5 Å². The number of amides is 1. The number of hydroxylamine groups is 1. The molecule has 1 aliphatic carbocycles. The van der Waals surface area contributed by atoms with Crippen molar-refractivity contribution in [2.75, 3.05) is 19.6 Å². The van der Waals surface area contributed by atoms with Crippen LogP contribution in [-0.4, -0.2) is 54.6 Å². The van der Waals surface area contributed by atoms with Crippen molar-refractivity contribution in [3.05, 3.63) is 77.0 Å². The number of aromatic nitrogens is 1. The summed E-state index contributed by atoms with van der Waals surface area (Å²) in [6.45, 7) is 0.233. The van der Waals surface area contributed by atoms with Crippen LogP contribution < -0.4 is 10.2 Å². The molecule has 0 bridgehead atoms. The van der Waals surface area contributed by atoms with E-state index >= 15 is 0 Å². The summed E-state index contributed by atoms with van der Waals surface area (Å²) >= 11 is 0. The third-order valence-electron chi connectivity index (χ3n) is 6.53. The van der Waals surface area contributed by atoms with E-state index in [1.807, 2.05) is 53.6 Å². The largest absolute Gasteiger partial charge is 0.511 e. The Balaban J connectivity index is 1.53. The summed E-state index contributed by atoms with van der Waals surface area (Å²) in [4.78, 5) is 16.5. The minimum Gasteiger partial charge on any atom is -0.361 e. The molecule has 4 N–H and O–H groups in total. The number of hydrogen-bond acceptors (Lipinski definition) is 5. The molecule has 8 nitrogen and oxygen atoms in total. The van der Waals surface area contributed by atoms with Gasteiger partial charge in [0.25, 0.3) is 5.91 Å². The van der Waals surface area contributed by atoms with E-state index in [9.17, 15) is 26.4 Å². The second-order valence-corrected chi connectivity index (χ2v) is 10.6. The highest BCUT2D eigenvalue weighted by Crippen LogP contribution is 2.36. The summed E-state index contributed by atoms with van der Waals surface area (Å²) < 4.78 is 63.1. The number of rotatable bonds is 10. The van der Waals surface area contributed by atoms with Crippen molar-refractivity contribution < 1.29 is 31.6 Å². The zero-order valence-electron chi connectivity index (χ0n) is 19.8. The summed E-state index contributed by atoms with van der Waals surface area (Å²) in [5.41, 5.74) is 1.06. The molecule has 0 radical (unpaired) electrons. The van der Waals surface area contributed by atoms with Crippen molar-refractivity contribution in [2.45, 2.75) is 30.8 Å². The number of alkyl halides is 3. The van der Waals surface area contributed by atoms with Crippen LogP contribution in [0.4, 0.5) is 13.2 Å². The number of hydrogen-bond donors (Lipinski definition) is 4. The first-order chi connectivity index (χ1) is 17.6. The Morgan fingerprint density at radius 2 is 1.97 bits per heavy atom. The molecule has 0 spiro atoms. The number of H-pyrrole nitrogens is 1. The lowest BCUT2D eigenvalue weighted by Gasteiger charge is -2.30. The van der Waals surface area contributed by atoms with Crippen LogP contribution in [-0.2, 0) is 27.7 Å². The minimum absolute atomic E-state index is 0.0973. The van der Waals surface area contributed by atoms with E-state index < -0.39 is 21.4 Å². The predicted molar refractivity (Wildman–Crippen MR) is 133 cm³/mol. The number of nitrogens with one attached hydrogen (secondary N) is 3. The van der Waals surface area contributed by atoms with Gasteiger partial charge in [-0.1, -0.05) is 36.4 Å². The van der Waals surface area contributed by atoms with Gasteiger partial charge in [-0.2, -0.15) is 13.2 Å². The molecule has 0 fully saturated rings. The van der Waals surface area contributed by atoms with Gasteiger partial charge in [-0.3, -0.25) is 14.9 Å². The third-order valence-corrected chi connectivity index (χ3v) is 7.72. The van der Waals surface area contributed by atoms with E-state index in [-0.39, 0.29) is 19.1 Å². The smallest absolute Gasteiger partial charge is 0.361 e. The van der Waals surface area contributed by atoms with Gasteiger partial charge in [0.15, 0.2) is 0 Å². The van der Waals surface area contributed by atoms with E-state index in [0.717, 1.165) is 46.0 Å². The van der Waals surface area contributed by atoms with E-state index in [1.165, 1.54) is 11.6 Å². The van der Waals surface area contributed by atoms with Crippen molar-refractivity contribution in [3.63, 3.8) is 0 Å². The number of aryl methyl sites for hydroxylation is 1. The Bertz CT molecular complexity index is 1400. The van der Waals surface area contributed by atoms with Gasteiger partial charge in [0.05, 0.1) is 0 Å². The summed E-state index contributed by atoms with van der Waals surface area (Å²) in [5.74, 6) is -0.650. The van der Waals surface area contributed by atoms with Crippen molar-refractivity contribution in [1.29, 1.82) is 0 Å². The summed E-state index contributed by atoms with van der Waals surface area (Å²) in [6.07, 6.45) is 6.76. The number of fused-ring (bicyclic) bond motifs is 2. The first-order valence-corrected chi connectivity index (χ1v) is 13.2. The number of carbonyl (C=O) groups excluding carboxylic acids is 1. The zero-order chi connectivity index (χ0) is 26.6. The van der Waals surface area contributed by atoms with Crippen molar-refractivity contribution in [2.24, 2.45) is 0 Å². The second kappa shape index (κ2) is 11.1. The fraction of sp³-hybridized carbons (Fsp3) is 0.320. The fourth-order valence-electron chi connectivity index (χ4n) is 4.74. The van der Waals surface area contributed by atoms with Crippen molar-refractivity contribution >= 4 is 32.9 Å². The Morgan fingerprint density at radius 3 is 2.73 bits per heavy atom. The lowest BCUT2D eigenvalue weighted by molar-refractivity contribution is -0.124. The Kier molecular flexibility index (Phi) is 8.02. The van der Waals surface area contributed by atoms with E-state index in [0.29, 0.717) is 13.0 Å². The van der Waals surface area contributed by atoms with Crippen molar-refractivity contribution in [1.82, 2.24) is 20.1 Å². The first-order valence-electron chi connectivity index (χ1n) is 11.7. The summed E-state index contributed by atoms with van der Waals surface area (Å²) in [7, 11) is -5.43.